The average Bonchev–Trinajstić information content (AvgIpc) is 2.38. The van der Waals surface area contributed by atoms with Gasteiger partial charge in [0.2, 0.25) is 5.91 Å². The standard InChI is InChI=1S/C14H22N2O2/c1-4-11(2)14(18)15-12-5-7-13(8-6-12)16(3)9-10-17/h5-8,11,17H,4,9-10H2,1-3H3,(H,15,18). The van der Waals surface area contributed by atoms with Crippen molar-refractivity contribution in [2.45, 2.75) is 20.3 Å². The molecule has 0 spiro atoms. The lowest BCUT2D eigenvalue weighted by Gasteiger charge is -2.18. The number of aliphatic hydroxyl groups excluding tert-OH is 1. The van der Waals surface area contributed by atoms with Crippen molar-refractivity contribution >= 4 is 17.3 Å². The maximum atomic E-state index is 11.7. The third-order valence-electron chi connectivity index (χ3n) is 3.07. The molecule has 2 N–H and O–H groups in total. The predicted molar refractivity (Wildman–Crippen MR) is 74.9 cm³/mol. The van der Waals surface area contributed by atoms with E-state index in [4.69, 9.17) is 5.11 Å². The summed E-state index contributed by atoms with van der Waals surface area (Å²) in [6.45, 7) is 4.64. The molecular formula is C14H22N2O2. The molecule has 0 aromatic heterocycles. The minimum absolute atomic E-state index is 0.0294. The Morgan fingerprint density at radius 2 is 2.00 bits per heavy atom. The van der Waals surface area contributed by atoms with E-state index in [-0.39, 0.29) is 18.4 Å². The number of carbonyl (C=O) groups is 1. The van der Waals surface area contributed by atoms with Crippen LogP contribution in [-0.2, 0) is 4.79 Å². The molecule has 1 atom stereocenters. The average molecular weight is 250 g/mol. The van der Waals surface area contributed by atoms with Gasteiger partial charge in [0.1, 0.15) is 0 Å². The number of amides is 1. The van der Waals surface area contributed by atoms with Crippen LogP contribution < -0.4 is 10.2 Å². The maximum absolute atomic E-state index is 11.7. The van der Waals surface area contributed by atoms with Gasteiger partial charge in [-0.3, -0.25) is 4.79 Å². The fourth-order valence-corrected chi connectivity index (χ4v) is 1.53. The fourth-order valence-electron chi connectivity index (χ4n) is 1.53. The molecule has 0 saturated carbocycles. The fraction of sp³-hybridized carbons (Fsp3) is 0.500. The van der Waals surface area contributed by atoms with Crippen LogP contribution in [0.4, 0.5) is 11.4 Å². The normalized spacial score (nSPS) is 12.0. The van der Waals surface area contributed by atoms with Gasteiger partial charge in [0.25, 0.3) is 0 Å². The van der Waals surface area contributed by atoms with E-state index in [1.165, 1.54) is 0 Å². The third-order valence-corrected chi connectivity index (χ3v) is 3.07. The number of nitrogens with one attached hydrogen (secondary N) is 1. The zero-order valence-corrected chi connectivity index (χ0v) is 11.3. The quantitative estimate of drug-likeness (QED) is 0.813. The summed E-state index contributed by atoms with van der Waals surface area (Å²) in [6, 6.07) is 7.62. The van der Waals surface area contributed by atoms with Gasteiger partial charge in [-0.15, -0.1) is 0 Å². The number of benzene rings is 1. The molecule has 0 aliphatic carbocycles. The Balaban J connectivity index is 2.63. The SMILES string of the molecule is CCC(C)C(=O)Nc1ccc(N(C)CCO)cc1. The number of anilines is 2. The number of likely N-dealkylation sites (N-methyl/N-ethyl adjacent to an activating group) is 1. The first-order valence-electron chi connectivity index (χ1n) is 6.31. The van der Waals surface area contributed by atoms with E-state index in [0.29, 0.717) is 6.54 Å². The van der Waals surface area contributed by atoms with E-state index in [9.17, 15) is 4.79 Å². The van der Waals surface area contributed by atoms with Crippen LogP contribution in [0.2, 0.25) is 0 Å². The summed E-state index contributed by atoms with van der Waals surface area (Å²) in [5.74, 6) is 0.0794. The number of nitrogens with zero attached hydrogens (tertiary/aromatic N) is 1. The van der Waals surface area contributed by atoms with Crippen LogP contribution in [0.1, 0.15) is 20.3 Å². The summed E-state index contributed by atoms with van der Waals surface area (Å²) in [4.78, 5) is 13.7. The lowest BCUT2D eigenvalue weighted by molar-refractivity contribution is -0.119. The number of carbonyl (C=O) groups excluding carboxylic acids is 1. The van der Waals surface area contributed by atoms with Crippen molar-refractivity contribution < 1.29 is 9.90 Å². The zero-order chi connectivity index (χ0) is 13.5. The molecule has 0 fully saturated rings. The number of hydrogen-bond acceptors (Lipinski definition) is 3. The lowest BCUT2D eigenvalue weighted by Crippen LogP contribution is -2.21. The largest absolute Gasteiger partial charge is 0.395 e. The number of rotatable bonds is 6. The van der Waals surface area contributed by atoms with Gasteiger partial charge in [-0.1, -0.05) is 13.8 Å². The summed E-state index contributed by atoms with van der Waals surface area (Å²) in [5.41, 5.74) is 1.83. The Morgan fingerprint density at radius 1 is 1.39 bits per heavy atom. The van der Waals surface area contributed by atoms with Crippen LogP contribution in [-0.4, -0.2) is 31.2 Å². The Hall–Kier alpha value is -1.55. The highest BCUT2D eigenvalue weighted by atomic mass is 16.3. The van der Waals surface area contributed by atoms with Crippen molar-refractivity contribution in [2.75, 3.05) is 30.4 Å². The molecule has 1 aromatic carbocycles. The smallest absolute Gasteiger partial charge is 0.227 e. The second kappa shape index (κ2) is 7.01. The summed E-state index contributed by atoms with van der Waals surface area (Å²) in [5, 5.41) is 11.7. The minimum Gasteiger partial charge on any atom is -0.395 e. The van der Waals surface area contributed by atoms with Crippen molar-refractivity contribution in [3.8, 4) is 0 Å². The van der Waals surface area contributed by atoms with Gasteiger partial charge in [-0.25, -0.2) is 0 Å². The molecule has 0 radical (unpaired) electrons. The molecule has 4 nitrogen and oxygen atoms in total. The molecule has 0 aliphatic rings. The molecule has 18 heavy (non-hydrogen) atoms. The molecule has 0 heterocycles. The zero-order valence-electron chi connectivity index (χ0n) is 11.3. The summed E-state index contributed by atoms with van der Waals surface area (Å²) in [6.07, 6.45) is 0.836. The number of hydrogen-bond donors (Lipinski definition) is 2. The van der Waals surface area contributed by atoms with Crippen LogP contribution in [0.15, 0.2) is 24.3 Å². The van der Waals surface area contributed by atoms with Gasteiger partial charge in [0.15, 0.2) is 0 Å². The van der Waals surface area contributed by atoms with Gasteiger partial charge in [-0.2, -0.15) is 0 Å². The van der Waals surface area contributed by atoms with E-state index in [2.05, 4.69) is 5.32 Å². The molecule has 0 aliphatic heterocycles. The van der Waals surface area contributed by atoms with Gasteiger partial charge < -0.3 is 15.3 Å². The van der Waals surface area contributed by atoms with Crippen LogP contribution in [0.5, 0.6) is 0 Å². The summed E-state index contributed by atoms with van der Waals surface area (Å²) in [7, 11) is 1.92. The second-order valence-electron chi connectivity index (χ2n) is 4.49. The molecule has 1 unspecified atom stereocenters. The highest BCUT2D eigenvalue weighted by molar-refractivity contribution is 5.92. The Bertz CT molecular complexity index is 376. The first-order valence-corrected chi connectivity index (χ1v) is 6.31. The molecule has 1 rings (SSSR count). The minimum atomic E-state index is 0.0294. The molecule has 4 heteroatoms. The van der Waals surface area contributed by atoms with E-state index in [1.54, 1.807) is 0 Å². The van der Waals surface area contributed by atoms with Crippen LogP contribution in [0, 0.1) is 5.92 Å². The maximum Gasteiger partial charge on any atom is 0.227 e. The van der Waals surface area contributed by atoms with E-state index < -0.39 is 0 Å². The monoisotopic (exact) mass is 250 g/mol. The molecule has 0 bridgehead atoms. The highest BCUT2D eigenvalue weighted by Crippen LogP contribution is 2.17. The van der Waals surface area contributed by atoms with Gasteiger partial charge in [-0.05, 0) is 30.7 Å². The van der Waals surface area contributed by atoms with Crippen molar-refractivity contribution in [3.05, 3.63) is 24.3 Å². The van der Waals surface area contributed by atoms with Crippen molar-refractivity contribution in [3.63, 3.8) is 0 Å². The molecular weight excluding hydrogens is 228 g/mol. The van der Waals surface area contributed by atoms with E-state index in [0.717, 1.165) is 17.8 Å². The van der Waals surface area contributed by atoms with Gasteiger partial charge in [0.05, 0.1) is 6.61 Å². The number of aliphatic hydroxyl groups is 1. The highest BCUT2D eigenvalue weighted by Gasteiger charge is 2.10. The van der Waals surface area contributed by atoms with E-state index >= 15 is 0 Å². The molecule has 0 saturated heterocycles. The van der Waals surface area contributed by atoms with Crippen LogP contribution >= 0.6 is 0 Å². The third kappa shape index (κ3) is 4.04. The second-order valence-corrected chi connectivity index (χ2v) is 4.49. The van der Waals surface area contributed by atoms with Crippen molar-refractivity contribution in [2.24, 2.45) is 5.92 Å². The Labute approximate surface area is 109 Å². The van der Waals surface area contributed by atoms with Crippen molar-refractivity contribution in [1.82, 2.24) is 0 Å². The molecule has 1 amide bonds. The predicted octanol–water partition coefficient (Wildman–Crippen LogP) is 2.10. The van der Waals surface area contributed by atoms with Crippen LogP contribution in [0.25, 0.3) is 0 Å². The Morgan fingerprint density at radius 3 is 2.50 bits per heavy atom. The molecule has 1 aromatic rings. The molecule has 100 valence electrons. The topological polar surface area (TPSA) is 52.6 Å². The lowest BCUT2D eigenvalue weighted by atomic mass is 10.1. The van der Waals surface area contributed by atoms with Gasteiger partial charge >= 0.3 is 0 Å². The van der Waals surface area contributed by atoms with Gasteiger partial charge in [0, 0.05) is 30.9 Å². The van der Waals surface area contributed by atoms with E-state index in [1.807, 2.05) is 50.1 Å². The summed E-state index contributed by atoms with van der Waals surface area (Å²) >= 11 is 0. The Kier molecular flexibility index (Phi) is 5.65. The van der Waals surface area contributed by atoms with Crippen LogP contribution in [0.3, 0.4) is 0 Å². The first kappa shape index (κ1) is 14.5. The summed E-state index contributed by atoms with van der Waals surface area (Å²) < 4.78 is 0. The van der Waals surface area contributed by atoms with Crippen molar-refractivity contribution in [1.29, 1.82) is 0 Å². The first-order chi connectivity index (χ1) is 8.58.